The van der Waals surface area contributed by atoms with Crippen LogP contribution in [0.2, 0.25) is 0 Å². The predicted molar refractivity (Wildman–Crippen MR) is 103 cm³/mol. The maximum Gasteiger partial charge on any atom is 0.280 e. The lowest BCUT2D eigenvalue weighted by molar-refractivity contribution is -0.385. The molecule has 2 aromatic carbocycles. The minimum atomic E-state index is -0.615. The Balaban J connectivity index is 2.23. The fourth-order valence-electron chi connectivity index (χ4n) is 2.52. The highest BCUT2D eigenvalue weighted by Crippen LogP contribution is 2.35. The standard InChI is InChI=1S/C20H19N3O5/c1-27-18-11-15(17(23(25)26)12-19(18)28-2)10-16(13-21)20(24)22-9-8-14-6-4-3-5-7-14/h3-7,10-12H,8-9H2,1-2H3,(H,22,24)/b16-10+. The second kappa shape index (κ2) is 9.73. The molecule has 144 valence electrons. The van der Waals surface area contributed by atoms with E-state index in [0.29, 0.717) is 13.0 Å². The van der Waals surface area contributed by atoms with Gasteiger partial charge in [-0.25, -0.2) is 0 Å². The molecule has 0 bridgehead atoms. The van der Waals surface area contributed by atoms with Gasteiger partial charge in [-0.2, -0.15) is 5.26 Å². The average Bonchev–Trinajstić information content (AvgIpc) is 2.71. The van der Waals surface area contributed by atoms with Crippen LogP contribution in [0, 0.1) is 21.4 Å². The van der Waals surface area contributed by atoms with Gasteiger partial charge < -0.3 is 14.8 Å². The van der Waals surface area contributed by atoms with Crippen LogP contribution in [0.15, 0.2) is 48.0 Å². The molecule has 8 nitrogen and oxygen atoms in total. The van der Waals surface area contributed by atoms with E-state index in [9.17, 15) is 20.2 Å². The summed E-state index contributed by atoms with van der Waals surface area (Å²) < 4.78 is 10.2. The number of nitrogens with one attached hydrogen (secondary N) is 1. The first-order valence-electron chi connectivity index (χ1n) is 8.34. The van der Waals surface area contributed by atoms with Crippen molar-refractivity contribution in [3.63, 3.8) is 0 Å². The smallest absolute Gasteiger partial charge is 0.280 e. The highest BCUT2D eigenvalue weighted by molar-refractivity contribution is 6.02. The molecule has 8 heteroatoms. The van der Waals surface area contributed by atoms with E-state index in [4.69, 9.17) is 9.47 Å². The molecule has 0 aliphatic carbocycles. The number of methoxy groups -OCH3 is 2. The van der Waals surface area contributed by atoms with Gasteiger partial charge in [0, 0.05) is 6.54 Å². The molecule has 2 rings (SSSR count). The van der Waals surface area contributed by atoms with Gasteiger partial charge in [0.05, 0.1) is 30.8 Å². The molecule has 0 heterocycles. The van der Waals surface area contributed by atoms with E-state index in [2.05, 4.69) is 5.32 Å². The van der Waals surface area contributed by atoms with Gasteiger partial charge in [0.15, 0.2) is 11.5 Å². The summed E-state index contributed by atoms with van der Waals surface area (Å²) in [6.07, 6.45) is 1.76. The summed E-state index contributed by atoms with van der Waals surface area (Å²) in [6.45, 7) is 0.329. The topological polar surface area (TPSA) is 114 Å². The van der Waals surface area contributed by atoms with Gasteiger partial charge in [0.25, 0.3) is 11.6 Å². The number of amides is 1. The minimum Gasteiger partial charge on any atom is -0.493 e. The summed E-state index contributed by atoms with van der Waals surface area (Å²) in [5.74, 6) is -0.180. The predicted octanol–water partition coefficient (Wildman–Crippen LogP) is 2.88. The summed E-state index contributed by atoms with van der Waals surface area (Å²) in [5.41, 5.74) is 0.559. The molecular formula is C20H19N3O5. The monoisotopic (exact) mass is 381 g/mol. The Kier molecular flexibility index (Phi) is 7.11. The number of nitro groups is 1. The lowest BCUT2D eigenvalue weighted by Gasteiger charge is -2.09. The van der Waals surface area contributed by atoms with Crippen LogP contribution >= 0.6 is 0 Å². The van der Waals surface area contributed by atoms with E-state index < -0.39 is 10.8 Å². The Hall–Kier alpha value is -3.86. The molecule has 0 aliphatic heterocycles. The molecule has 0 atom stereocenters. The molecule has 0 aromatic heterocycles. The average molecular weight is 381 g/mol. The third-order valence-electron chi connectivity index (χ3n) is 3.94. The van der Waals surface area contributed by atoms with Gasteiger partial charge in [-0.05, 0) is 24.1 Å². The van der Waals surface area contributed by atoms with Crippen molar-refractivity contribution in [1.82, 2.24) is 5.32 Å². The van der Waals surface area contributed by atoms with E-state index >= 15 is 0 Å². The fraction of sp³-hybridized carbons (Fsp3) is 0.200. The molecule has 2 aromatic rings. The number of nitrogens with zero attached hydrogens (tertiary/aromatic N) is 2. The zero-order chi connectivity index (χ0) is 20.5. The molecule has 0 fully saturated rings. The van der Waals surface area contributed by atoms with Crippen molar-refractivity contribution < 1.29 is 19.2 Å². The van der Waals surface area contributed by atoms with Gasteiger partial charge in [0.1, 0.15) is 11.6 Å². The Morgan fingerprint density at radius 1 is 1.21 bits per heavy atom. The van der Waals surface area contributed by atoms with E-state index in [1.807, 2.05) is 30.3 Å². The van der Waals surface area contributed by atoms with E-state index in [1.54, 1.807) is 6.07 Å². The number of nitro benzene ring substituents is 1. The van der Waals surface area contributed by atoms with E-state index in [-0.39, 0.29) is 28.3 Å². The quantitative estimate of drug-likeness (QED) is 0.325. The summed E-state index contributed by atoms with van der Waals surface area (Å²) >= 11 is 0. The fourth-order valence-corrected chi connectivity index (χ4v) is 2.52. The van der Waals surface area contributed by atoms with Crippen molar-refractivity contribution >= 4 is 17.7 Å². The second-order valence-electron chi connectivity index (χ2n) is 5.68. The second-order valence-corrected chi connectivity index (χ2v) is 5.68. The van der Waals surface area contributed by atoms with Gasteiger partial charge in [-0.3, -0.25) is 14.9 Å². The summed E-state index contributed by atoms with van der Waals surface area (Å²) in [5, 5.41) is 23.3. The molecule has 0 saturated heterocycles. The van der Waals surface area contributed by atoms with Crippen LogP contribution in [-0.4, -0.2) is 31.6 Å². The van der Waals surface area contributed by atoms with Gasteiger partial charge >= 0.3 is 0 Å². The number of hydrogen-bond donors (Lipinski definition) is 1. The first-order valence-corrected chi connectivity index (χ1v) is 8.34. The van der Waals surface area contributed by atoms with Crippen LogP contribution in [0.25, 0.3) is 6.08 Å². The largest absolute Gasteiger partial charge is 0.493 e. The van der Waals surface area contributed by atoms with Crippen molar-refractivity contribution in [2.75, 3.05) is 20.8 Å². The SMILES string of the molecule is COc1cc(/C=C(\C#N)C(=O)NCCc2ccccc2)c([N+](=O)[O-])cc1OC. The third kappa shape index (κ3) is 5.08. The van der Waals surface area contributed by atoms with Crippen LogP contribution in [0.4, 0.5) is 5.69 Å². The molecule has 0 saturated carbocycles. The number of carbonyl (C=O) groups is 1. The van der Waals surface area contributed by atoms with Crippen molar-refractivity contribution in [2.45, 2.75) is 6.42 Å². The number of benzene rings is 2. The molecule has 1 amide bonds. The lowest BCUT2D eigenvalue weighted by atomic mass is 10.1. The van der Waals surface area contributed by atoms with Crippen LogP contribution in [-0.2, 0) is 11.2 Å². The Morgan fingerprint density at radius 3 is 2.43 bits per heavy atom. The molecular weight excluding hydrogens is 362 g/mol. The van der Waals surface area contributed by atoms with Gasteiger partial charge in [-0.15, -0.1) is 0 Å². The van der Waals surface area contributed by atoms with Crippen LogP contribution in [0.3, 0.4) is 0 Å². The van der Waals surface area contributed by atoms with Crippen molar-refractivity contribution in [1.29, 1.82) is 5.26 Å². The van der Waals surface area contributed by atoms with Gasteiger partial charge in [-0.1, -0.05) is 30.3 Å². The maximum atomic E-state index is 12.3. The van der Waals surface area contributed by atoms with Crippen molar-refractivity contribution in [2.24, 2.45) is 0 Å². The zero-order valence-corrected chi connectivity index (χ0v) is 15.5. The Bertz CT molecular complexity index is 933. The summed E-state index contributed by atoms with van der Waals surface area (Å²) in [6, 6.07) is 13.9. The molecule has 0 aliphatic rings. The van der Waals surface area contributed by atoms with E-state index in [1.165, 1.54) is 26.4 Å². The van der Waals surface area contributed by atoms with Gasteiger partial charge in [0.2, 0.25) is 0 Å². The highest BCUT2D eigenvalue weighted by Gasteiger charge is 2.20. The molecule has 0 unspecified atom stereocenters. The van der Waals surface area contributed by atoms with Crippen molar-refractivity contribution in [3.05, 3.63) is 69.3 Å². The lowest BCUT2D eigenvalue weighted by Crippen LogP contribution is -2.26. The number of nitriles is 1. The zero-order valence-electron chi connectivity index (χ0n) is 15.5. The molecule has 0 spiro atoms. The third-order valence-corrected chi connectivity index (χ3v) is 3.94. The Morgan fingerprint density at radius 2 is 1.86 bits per heavy atom. The van der Waals surface area contributed by atoms with E-state index in [0.717, 1.165) is 11.6 Å². The minimum absolute atomic E-state index is 0.0670. The molecule has 1 N–H and O–H groups in total. The summed E-state index contributed by atoms with van der Waals surface area (Å²) in [7, 11) is 2.75. The molecule has 0 radical (unpaired) electrons. The number of ether oxygens (including phenoxy) is 2. The van der Waals surface area contributed by atoms with Crippen molar-refractivity contribution in [3.8, 4) is 17.6 Å². The maximum absolute atomic E-state index is 12.3. The van der Waals surface area contributed by atoms with Crippen LogP contribution < -0.4 is 14.8 Å². The normalized spacial score (nSPS) is 10.7. The van der Waals surface area contributed by atoms with Crippen LogP contribution in [0.5, 0.6) is 11.5 Å². The first kappa shape index (κ1) is 20.5. The molecule has 28 heavy (non-hydrogen) atoms. The number of hydrogen-bond acceptors (Lipinski definition) is 6. The van der Waals surface area contributed by atoms with Crippen LogP contribution in [0.1, 0.15) is 11.1 Å². The number of rotatable bonds is 8. The highest BCUT2D eigenvalue weighted by atomic mass is 16.6. The summed E-state index contributed by atoms with van der Waals surface area (Å²) in [4.78, 5) is 23.0. The first-order chi connectivity index (χ1) is 13.5. The number of carbonyl (C=O) groups excluding carboxylic acids is 1. The Labute approximate surface area is 162 Å².